The summed E-state index contributed by atoms with van der Waals surface area (Å²) in [6.45, 7) is 19.5. The fourth-order valence-electron chi connectivity index (χ4n) is 11.7. The van der Waals surface area contributed by atoms with Gasteiger partial charge in [-0.1, -0.05) is 0 Å². The van der Waals surface area contributed by atoms with E-state index in [1.165, 1.54) is 90.8 Å². The van der Waals surface area contributed by atoms with Gasteiger partial charge in [0.15, 0.2) is 0 Å². The molecule has 2 unspecified atom stereocenters. The summed E-state index contributed by atoms with van der Waals surface area (Å²) in [4.78, 5) is 0. The summed E-state index contributed by atoms with van der Waals surface area (Å²) in [5.41, 5.74) is 16.5. The maximum atomic E-state index is 9.50. The Balaban J connectivity index is 1.37. The molecule has 6 heteroatoms. The maximum absolute atomic E-state index is 9.50. The number of benzene rings is 6. The molecule has 2 atom stereocenters. The SMILES string of the molecule is CCCCC1=Cc2c(-c3ccccc3[Si](C)(C)C)cccc2[CH]1[Zr]([Cl])([Cl])([c]1cccc2c1[SiH2]c1ccccc1-2)[CH]1C(CCCC)=Cc2c(-c3ccccc3[Si](C)(C)C)cccc21. The van der Waals surface area contributed by atoms with Crippen LogP contribution in [0.5, 0.6) is 0 Å². The van der Waals surface area contributed by atoms with Gasteiger partial charge in [0.25, 0.3) is 0 Å². The van der Waals surface area contributed by atoms with Crippen LogP contribution in [-0.2, 0) is 16.4 Å². The molecule has 0 nitrogen and oxygen atoms in total. The van der Waals surface area contributed by atoms with Crippen LogP contribution in [0, 0.1) is 0 Å². The molecule has 0 N–H and O–H groups in total. The van der Waals surface area contributed by atoms with E-state index in [1.807, 2.05) is 0 Å². The van der Waals surface area contributed by atoms with Crippen LogP contribution in [0.4, 0.5) is 0 Å². The summed E-state index contributed by atoms with van der Waals surface area (Å²) >= 11 is -5.66. The fraction of sp³-hybridized carbons (Fsp3) is 0.286. The Morgan fingerprint density at radius 2 is 0.903 bits per heavy atom. The third-order valence-corrected chi connectivity index (χ3v) is 41.3. The summed E-state index contributed by atoms with van der Waals surface area (Å²) in [5, 5.41) is 6.02. The van der Waals surface area contributed by atoms with Crippen LogP contribution < -0.4 is 24.0 Å². The molecule has 0 fully saturated rings. The molecule has 0 spiro atoms. The van der Waals surface area contributed by atoms with Crippen molar-refractivity contribution < 1.29 is 16.4 Å². The van der Waals surface area contributed by atoms with E-state index in [0.717, 1.165) is 38.5 Å². The topological polar surface area (TPSA) is 0 Å². The first kappa shape index (κ1) is 44.1. The number of hydrogen-bond donors (Lipinski definition) is 0. The molecule has 6 aromatic rings. The van der Waals surface area contributed by atoms with Crippen molar-refractivity contribution in [3.05, 3.63) is 161 Å². The van der Waals surface area contributed by atoms with E-state index >= 15 is 0 Å². The fourth-order valence-corrected chi connectivity index (χ4v) is 42.9. The molecule has 2 aliphatic carbocycles. The molecule has 3 aliphatic rings. The summed E-state index contributed by atoms with van der Waals surface area (Å²) < 4.78 is 1.20. The first-order valence-electron chi connectivity index (χ1n) is 23.3. The minimum atomic E-state index is -5.66. The zero-order valence-corrected chi connectivity index (χ0v) is 45.5. The van der Waals surface area contributed by atoms with Gasteiger partial charge >= 0.3 is 388 Å². The molecule has 0 saturated heterocycles. The van der Waals surface area contributed by atoms with Crippen molar-refractivity contribution in [3.8, 4) is 33.4 Å². The predicted molar refractivity (Wildman–Crippen MR) is 281 cm³/mol. The molecule has 0 radical (unpaired) electrons. The van der Waals surface area contributed by atoms with Crippen LogP contribution in [0.25, 0.3) is 45.5 Å². The first-order chi connectivity index (χ1) is 29.7. The molecule has 6 aromatic carbocycles. The molecule has 0 bridgehead atoms. The van der Waals surface area contributed by atoms with Gasteiger partial charge in [-0.2, -0.15) is 0 Å². The Kier molecular flexibility index (Phi) is 11.9. The Hall–Kier alpha value is -3.09. The van der Waals surface area contributed by atoms with Crippen LogP contribution in [0.3, 0.4) is 0 Å². The zero-order chi connectivity index (χ0) is 43.6. The third-order valence-electron chi connectivity index (χ3n) is 14.4. The van der Waals surface area contributed by atoms with Crippen molar-refractivity contribution in [1.29, 1.82) is 0 Å². The van der Waals surface area contributed by atoms with Crippen molar-refractivity contribution >= 4 is 78.9 Å². The second-order valence-electron chi connectivity index (χ2n) is 20.5. The van der Waals surface area contributed by atoms with Crippen LogP contribution in [0.2, 0.25) is 39.3 Å². The van der Waals surface area contributed by atoms with Crippen molar-refractivity contribution in [2.75, 3.05) is 0 Å². The van der Waals surface area contributed by atoms with E-state index in [2.05, 4.69) is 193 Å². The molecule has 317 valence electrons. The van der Waals surface area contributed by atoms with Crippen molar-refractivity contribution in [2.45, 2.75) is 98.9 Å². The van der Waals surface area contributed by atoms with E-state index in [1.54, 1.807) is 0 Å². The summed E-state index contributed by atoms with van der Waals surface area (Å²) in [6, 6.07) is 48.9. The van der Waals surface area contributed by atoms with Gasteiger partial charge in [-0.25, -0.2) is 0 Å². The number of unbranched alkanes of at least 4 members (excludes halogenated alkanes) is 2. The van der Waals surface area contributed by atoms with Gasteiger partial charge in [-0.3, -0.25) is 0 Å². The Labute approximate surface area is 385 Å². The van der Waals surface area contributed by atoms with Crippen LogP contribution >= 0.6 is 17.0 Å². The van der Waals surface area contributed by atoms with Crippen molar-refractivity contribution in [1.82, 2.24) is 0 Å². The summed E-state index contributed by atoms with van der Waals surface area (Å²) in [6.07, 6.45) is 11.6. The third kappa shape index (κ3) is 7.32. The van der Waals surface area contributed by atoms with Crippen LogP contribution in [-0.4, -0.2) is 25.7 Å². The van der Waals surface area contributed by atoms with Gasteiger partial charge in [0.05, 0.1) is 0 Å². The first-order valence-corrected chi connectivity index (χ1v) is 42.1. The van der Waals surface area contributed by atoms with Gasteiger partial charge in [-0.05, 0) is 0 Å². The van der Waals surface area contributed by atoms with Gasteiger partial charge in [0.1, 0.15) is 0 Å². The second kappa shape index (κ2) is 16.7. The average molecular weight is 983 g/mol. The average Bonchev–Trinajstić information content (AvgIpc) is 3.96. The molecule has 62 heavy (non-hydrogen) atoms. The zero-order valence-electron chi connectivity index (χ0n) is 38.1. The molecular formula is C56H63Cl2Si3Zr. The van der Waals surface area contributed by atoms with Crippen LogP contribution in [0.15, 0.2) is 139 Å². The Bertz CT molecular complexity index is 2640. The summed E-state index contributed by atoms with van der Waals surface area (Å²) in [7, 11) is 14.8. The van der Waals surface area contributed by atoms with Gasteiger partial charge in [0, 0.05) is 0 Å². The number of rotatable bonds is 13. The van der Waals surface area contributed by atoms with Crippen LogP contribution in [0.1, 0.15) is 81.9 Å². The summed E-state index contributed by atoms with van der Waals surface area (Å²) in [5.74, 6) is 0. The minimum absolute atomic E-state index is 0.0663. The van der Waals surface area contributed by atoms with E-state index in [-0.39, 0.29) is 7.25 Å². The molecule has 1 aliphatic heterocycles. The number of allylic oxidation sites excluding steroid dienone is 2. The molecule has 1 heterocycles. The van der Waals surface area contributed by atoms with E-state index in [9.17, 15) is 17.0 Å². The van der Waals surface area contributed by atoms with Gasteiger partial charge < -0.3 is 0 Å². The number of halogens is 2. The number of fused-ring (bicyclic) bond motifs is 5. The molecule has 9 rings (SSSR count). The van der Waals surface area contributed by atoms with E-state index < -0.39 is 42.1 Å². The van der Waals surface area contributed by atoms with Crippen molar-refractivity contribution in [3.63, 3.8) is 0 Å². The quantitative estimate of drug-likeness (QED) is 0.101. The van der Waals surface area contributed by atoms with Gasteiger partial charge in [-0.15, -0.1) is 0 Å². The molecular weight excluding hydrogens is 919 g/mol. The monoisotopic (exact) mass is 979 g/mol. The number of hydrogen-bond acceptors (Lipinski definition) is 0. The van der Waals surface area contributed by atoms with E-state index in [4.69, 9.17) is 0 Å². The van der Waals surface area contributed by atoms with Gasteiger partial charge in [0.2, 0.25) is 0 Å². The second-order valence-corrected chi connectivity index (χ2v) is 53.0. The normalized spacial score (nSPS) is 17.8. The van der Waals surface area contributed by atoms with Crippen molar-refractivity contribution in [2.24, 2.45) is 0 Å². The Morgan fingerprint density at radius 3 is 1.39 bits per heavy atom. The molecule has 0 amide bonds. The molecule has 0 aromatic heterocycles. The molecule has 0 saturated carbocycles. The predicted octanol–water partition coefficient (Wildman–Crippen LogP) is 13.5. The van der Waals surface area contributed by atoms with E-state index in [0.29, 0.717) is 0 Å². The standard InChI is InChI=1S/2C22H27Si.C12H9Si.2ClH.Zr/c2*1-5-6-10-17-15-18-11-9-13-19(21(18)16-17)20-12-7-8-14-22(20)23(2,3)4;1-3-7-11-9(5-1)10-6-2-4-8-12(10)13-11;;;/h2*7-9,11-16H,5-6,10H2,1-4H3;1-7H,13H2;2*1H;/q;;;;;+2/p-2. The Morgan fingerprint density at radius 1 is 0.484 bits per heavy atom.